The summed E-state index contributed by atoms with van der Waals surface area (Å²) in [4.78, 5) is 32.9. The summed E-state index contributed by atoms with van der Waals surface area (Å²) in [6, 6.07) is 7.57. The fourth-order valence-corrected chi connectivity index (χ4v) is 3.41. The van der Waals surface area contributed by atoms with Gasteiger partial charge >= 0.3 is 12.1 Å². The number of alkyl halides is 3. The van der Waals surface area contributed by atoms with Gasteiger partial charge in [-0.05, 0) is 44.2 Å². The molecule has 0 radical (unpaired) electrons. The van der Waals surface area contributed by atoms with E-state index in [-0.39, 0.29) is 29.2 Å². The van der Waals surface area contributed by atoms with Crippen LogP contribution in [0, 0.1) is 18.3 Å². The van der Waals surface area contributed by atoms with E-state index in [0.29, 0.717) is 37.7 Å². The first-order valence-corrected chi connectivity index (χ1v) is 9.96. The van der Waals surface area contributed by atoms with Crippen LogP contribution in [0.4, 0.5) is 19.0 Å². The normalized spacial score (nSPS) is 14.1. The number of hydrogen-bond acceptors (Lipinski definition) is 6. The van der Waals surface area contributed by atoms with Crippen LogP contribution in [-0.4, -0.2) is 54.5 Å². The molecule has 32 heavy (non-hydrogen) atoms. The third-order valence-electron chi connectivity index (χ3n) is 5.13. The number of esters is 1. The van der Waals surface area contributed by atoms with Crippen LogP contribution in [-0.2, 0) is 10.9 Å². The number of halogens is 3. The van der Waals surface area contributed by atoms with Gasteiger partial charge in [0.15, 0.2) is 0 Å². The van der Waals surface area contributed by atoms with E-state index in [9.17, 15) is 28.0 Å². The van der Waals surface area contributed by atoms with Crippen molar-refractivity contribution in [1.82, 2.24) is 9.88 Å². The van der Waals surface area contributed by atoms with E-state index in [0.717, 1.165) is 12.1 Å². The smallest absolute Gasteiger partial charge is 0.416 e. The van der Waals surface area contributed by atoms with Crippen LogP contribution >= 0.6 is 0 Å². The van der Waals surface area contributed by atoms with Gasteiger partial charge in [-0.1, -0.05) is 0 Å². The van der Waals surface area contributed by atoms with Crippen molar-refractivity contribution in [3.05, 3.63) is 58.3 Å². The molecule has 168 valence electrons. The molecule has 0 spiro atoms. The summed E-state index contributed by atoms with van der Waals surface area (Å²) < 4.78 is 43.3. The minimum absolute atomic E-state index is 0.170. The SMILES string of the molecule is CCOC(=O)c1cc(C#N)c(C)nc1N1CCN(C(=O)c2ccc(C(F)(F)F)cc2)CC1. The second-order valence-corrected chi connectivity index (χ2v) is 7.18. The van der Waals surface area contributed by atoms with E-state index in [4.69, 9.17) is 4.74 Å². The first kappa shape index (κ1) is 23.1. The van der Waals surface area contributed by atoms with E-state index >= 15 is 0 Å². The molecule has 1 amide bonds. The monoisotopic (exact) mass is 446 g/mol. The Balaban J connectivity index is 1.75. The number of rotatable bonds is 4. The summed E-state index contributed by atoms with van der Waals surface area (Å²) in [5, 5.41) is 9.26. The highest BCUT2D eigenvalue weighted by molar-refractivity contribution is 5.96. The number of pyridine rings is 1. The number of aromatic nitrogens is 1. The molecule has 0 aliphatic carbocycles. The summed E-state index contributed by atoms with van der Waals surface area (Å²) in [5.74, 6) is -0.579. The lowest BCUT2D eigenvalue weighted by Gasteiger charge is -2.36. The molecular weight excluding hydrogens is 425 g/mol. The standard InChI is InChI=1S/C22H21F3N4O3/c1-3-32-21(31)18-12-16(13-26)14(2)27-19(18)28-8-10-29(11-9-28)20(30)15-4-6-17(7-5-15)22(23,24)25/h4-7,12H,3,8-11H2,1-2H3. The average Bonchev–Trinajstić information content (AvgIpc) is 2.78. The Labute approximate surface area is 183 Å². The number of piperazine rings is 1. The zero-order chi connectivity index (χ0) is 23.5. The maximum atomic E-state index is 12.7. The number of hydrogen-bond donors (Lipinski definition) is 0. The third kappa shape index (κ3) is 4.82. The van der Waals surface area contributed by atoms with Crippen molar-refractivity contribution in [1.29, 1.82) is 5.26 Å². The molecule has 2 aromatic rings. The Morgan fingerprint density at radius 1 is 1.16 bits per heavy atom. The van der Waals surface area contributed by atoms with Crippen molar-refractivity contribution in [3.8, 4) is 6.07 Å². The lowest BCUT2D eigenvalue weighted by atomic mass is 10.1. The van der Waals surface area contributed by atoms with Crippen LogP contribution in [0.25, 0.3) is 0 Å². The average molecular weight is 446 g/mol. The van der Waals surface area contributed by atoms with Crippen molar-refractivity contribution >= 4 is 17.7 Å². The number of carbonyl (C=O) groups is 2. The highest BCUT2D eigenvalue weighted by atomic mass is 19.4. The van der Waals surface area contributed by atoms with E-state index in [2.05, 4.69) is 4.98 Å². The van der Waals surface area contributed by atoms with Crippen LogP contribution in [0.1, 0.15) is 44.5 Å². The van der Waals surface area contributed by atoms with E-state index in [1.807, 2.05) is 11.0 Å². The molecule has 1 aromatic heterocycles. The molecule has 0 saturated carbocycles. The Morgan fingerprint density at radius 2 is 1.78 bits per heavy atom. The molecule has 10 heteroatoms. The highest BCUT2D eigenvalue weighted by Crippen LogP contribution is 2.29. The zero-order valence-corrected chi connectivity index (χ0v) is 17.6. The van der Waals surface area contributed by atoms with E-state index in [1.165, 1.54) is 18.2 Å². The van der Waals surface area contributed by atoms with Crippen LogP contribution in [0.5, 0.6) is 0 Å². The van der Waals surface area contributed by atoms with Crippen molar-refractivity contribution in [2.24, 2.45) is 0 Å². The molecule has 0 unspecified atom stereocenters. The molecule has 1 fully saturated rings. The van der Waals surface area contributed by atoms with Gasteiger partial charge in [-0.15, -0.1) is 0 Å². The molecule has 2 heterocycles. The summed E-state index contributed by atoms with van der Waals surface area (Å²) in [6.07, 6.45) is -4.46. The lowest BCUT2D eigenvalue weighted by Crippen LogP contribution is -2.49. The second kappa shape index (κ2) is 9.26. The van der Waals surface area contributed by atoms with Crippen molar-refractivity contribution in [2.45, 2.75) is 20.0 Å². The second-order valence-electron chi connectivity index (χ2n) is 7.18. The number of carbonyl (C=O) groups excluding carboxylic acids is 2. The van der Waals surface area contributed by atoms with Crippen LogP contribution < -0.4 is 4.90 Å². The van der Waals surface area contributed by atoms with E-state index in [1.54, 1.807) is 18.7 Å². The van der Waals surface area contributed by atoms with Gasteiger partial charge in [0.25, 0.3) is 5.91 Å². The van der Waals surface area contributed by atoms with Crippen molar-refractivity contribution < 1.29 is 27.5 Å². The first-order valence-electron chi connectivity index (χ1n) is 9.96. The Kier molecular flexibility index (Phi) is 6.67. The van der Waals surface area contributed by atoms with Crippen molar-refractivity contribution in [2.75, 3.05) is 37.7 Å². The van der Waals surface area contributed by atoms with Crippen LogP contribution in [0.3, 0.4) is 0 Å². The van der Waals surface area contributed by atoms with Gasteiger partial charge in [-0.2, -0.15) is 18.4 Å². The zero-order valence-electron chi connectivity index (χ0n) is 17.6. The number of nitrogens with zero attached hydrogens (tertiary/aromatic N) is 4. The summed E-state index contributed by atoms with van der Waals surface area (Å²) in [7, 11) is 0. The third-order valence-corrected chi connectivity index (χ3v) is 5.13. The summed E-state index contributed by atoms with van der Waals surface area (Å²) in [5.41, 5.74) is 0.280. The Morgan fingerprint density at radius 3 is 2.31 bits per heavy atom. The fraction of sp³-hybridized carbons (Fsp3) is 0.364. The summed E-state index contributed by atoms with van der Waals surface area (Å²) in [6.45, 7) is 4.82. The van der Waals surface area contributed by atoms with Gasteiger partial charge in [-0.3, -0.25) is 4.79 Å². The Hall–Kier alpha value is -3.61. The van der Waals surface area contributed by atoms with Crippen molar-refractivity contribution in [3.63, 3.8) is 0 Å². The maximum absolute atomic E-state index is 12.7. The fourth-order valence-electron chi connectivity index (χ4n) is 3.41. The number of amides is 1. The van der Waals surface area contributed by atoms with Gasteiger partial charge in [0.05, 0.1) is 23.4 Å². The van der Waals surface area contributed by atoms with Crippen LogP contribution in [0.2, 0.25) is 0 Å². The van der Waals surface area contributed by atoms with Crippen LogP contribution in [0.15, 0.2) is 30.3 Å². The number of benzene rings is 1. The predicted molar refractivity (Wildman–Crippen MR) is 109 cm³/mol. The minimum atomic E-state index is -4.46. The predicted octanol–water partition coefficient (Wildman–Crippen LogP) is 3.42. The first-order chi connectivity index (χ1) is 15.2. The molecule has 1 aliphatic heterocycles. The number of anilines is 1. The molecule has 0 N–H and O–H groups in total. The molecule has 1 saturated heterocycles. The molecule has 1 aliphatic rings. The number of ether oxygens (including phenoxy) is 1. The van der Waals surface area contributed by atoms with Gasteiger partial charge in [0.2, 0.25) is 0 Å². The van der Waals surface area contributed by atoms with Gasteiger partial charge in [0, 0.05) is 31.7 Å². The van der Waals surface area contributed by atoms with Gasteiger partial charge < -0.3 is 14.5 Å². The number of aryl methyl sites for hydroxylation is 1. The molecule has 0 atom stereocenters. The molecule has 0 bridgehead atoms. The quantitative estimate of drug-likeness (QED) is 0.669. The summed E-state index contributed by atoms with van der Waals surface area (Å²) >= 11 is 0. The molecular formula is C22H21F3N4O3. The van der Waals surface area contributed by atoms with Gasteiger partial charge in [-0.25, -0.2) is 9.78 Å². The van der Waals surface area contributed by atoms with E-state index < -0.39 is 17.7 Å². The highest BCUT2D eigenvalue weighted by Gasteiger charge is 2.31. The largest absolute Gasteiger partial charge is 0.462 e. The minimum Gasteiger partial charge on any atom is -0.462 e. The van der Waals surface area contributed by atoms with Gasteiger partial charge in [0.1, 0.15) is 17.5 Å². The topological polar surface area (TPSA) is 86.5 Å². The molecule has 1 aromatic carbocycles. The Bertz CT molecular complexity index is 1050. The molecule has 3 rings (SSSR count). The molecule has 7 nitrogen and oxygen atoms in total. The number of nitriles is 1. The maximum Gasteiger partial charge on any atom is 0.416 e. The lowest BCUT2D eigenvalue weighted by molar-refractivity contribution is -0.137.